The normalized spacial score (nSPS) is 15.8. The molecule has 0 aliphatic carbocycles. The number of aromatic amines is 1. The lowest BCUT2D eigenvalue weighted by Crippen LogP contribution is -2.40. The van der Waals surface area contributed by atoms with Crippen LogP contribution in [-0.2, 0) is 13.5 Å². The van der Waals surface area contributed by atoms with Crippen molar-refractivity contribution in [1.29, 1.82) is 0 Å². The smallest absolute Gasteiger partial charge is 0.266 e. The molecule has 0 spiro atoms. The molecule has 1 aromatic carbocycles. The zero-order chi connectivity index (χ0) is 21.7. The summed E-state index contributed by atoms with van der Waals surface area (Å²) < 4.78 is 1.73. The van der Waals surface area contributed by atoms with Crippen molar-refractivity contribution in [2.24, 2.45) is 7.05 Å². The van der Waals surface area contributed by atoms with Gasteiger partial charge in [-0.3, -0.25) is 14.5 Å². The average molecular weight is 442 g/mol. The van der Waals surface area contributed by atoms with Gasteiger partial charge < -0.3 is 9.88 Å². The second-order valence-corrected chi connectivity index (χ2v) is 8.84. The van der Waals surface area contributed by atoms with Gasteiger partial charge >= 0.3 is 0 Å². The molecule has 0 radical (unpaired) electrons. The zero-order valence-electron chi connectivity index (χ0n) is 17.3. The molecule has 1 N–H and O–H groups in total. The first-order valence-corrected chi connectivity index (χ1v) is 11.1. The Labute approximate surface area is 187 Å². The van der Waals surface area contributed by atoms with Gasteiger partial charge in [0.2, 0.25) is 0 Å². The lowest BCUT2D eigenvalue weighted by Gasteiger charge is -2.34. The van der Waals surface area contributed by atoms with Crippen LogP contribution in [0.25, 0.3) is 21.3 Å². The van der Waals surface area contributed by atoms with Crippen molar-refractivity contribution in [2.75, 3.05) is 6.54 Å². The summed E-state index contributed by atoms with van der Waals surface area (Å²) in [6, 6.07) is 9.80. The van der Waals surface area contributed by atoms with Crippen molar-refractivity contribution < 1.29 is 4.79 Å². The van der Waals surface area contributed by atoms with E-state index in [4.69, 9.17) is 4.98 Å². The number of nitrogens with one attached hydrogen (secondary N) is 1. The van der Waals surface area contributed by atoms with Crippen LogP contribution in [0.3, 0.4) is 0 Å². The number of hydrogen-bond acceptors (Lipinski definition) is 6. The van der Waals surface area contributed by atoms with E-state index in [1.54, 1.807) is 23.4 Å². The molecule has 0 saturated carbocycles. The summed E-state index contributed by atoms with van der Waals surface area (Å²) in [5.41, 5.74) is 3.61. The molecule has 0 saturated heterocycles. The van der Waals surface area contributed by atoms with Gasteiger partial charge in [-0.25, -0.2) is 9.97 Å². The summed E-state index contributed by atoms with van der Waals surface area (Å²) in [7, 11) is 1.86. The molecular formula is C23H19N7OS. The quantitative estimate of drug-likeness (QED) is 0.462. The largest absolute Gasteiger partial charge is 0.348 e. The van der Waals surface area contributed by atoms with E-state index < -0.39 is 0 Å². The fourth-order valence-corrected chi connectivity index (χ4v) is 5.07. The van der Waals surface area contributed by atoms with Crippen molar-refractivity contribution in [3.63, 3.8) is 0 Å². The summed E-state index contributed by atoms with van der Waals surface area (Å²) in [6.07, 6.45) is 9.58. The van der Waals surface area contributed by atoms with Crippen molar-refractivity contribution in [3.8, 4) is 10.6 Å². The molecule has 5 heterocycles. The first kappa shape index (κ1) is 18.9. The Morgan fingerprint density at radius 3 is 2.84 bits per heavy atom. The molecule has 1 aliphatic heterocycles. The number of hydrogen-bond donors (Lipinski definition) is 1. The topological polar surface area (TPSA) is 92.6 Å². The highest BCUT2D eigenvalue weighted by Gasteiger charge is 2.36. The van der Waals surface area contributed by atoms with Crippen LogP contribution in [0, 0.1) is 0 Å². The molecule has 5 aromatic rings. The van der Waals surface area contributed by atoms with Gasteiger partial charge in [0.1, 0.15) is 15.9 Å². The third-order valence-corrected chi connectivity index (χ3v) is 6.82. The number of pyridine rings is 1. The van der Waals surface area contributed by atoms with Gasteiger partial charge in [0, 0.05) is 49.1 Å². The number of amides is 1. The van der Waals surface area contributed by atoms with Crippen LogP contribution in [0.2, 0.25) is 0 Å². The Kier molecular flexibility index (Phi) is 4.36. The molecule has 0 fully saturated rings. The highest BCUT2D eigenvalue weighted by Crippen LogP contribution is 2.36. The first-order chi connectivity index (χ1) is 15.7. The van der Waals surface area contributed by atoms with Gasteiger partial charge in [-0.2, -0.15) is 5.10 Å². The molecule has 1 aliphatic rings. The summed E-state index contributed by atoms with van der Waals surface area (Å²) >= 11 is 1.38. The van der Waals surface area contributed by atoms with Crippen LogP contribution in [0.15, 0.2) is 61.4 Å². The van der Waals surface area contributed by atoms with Gasteiger partial charge in [-0.1, -0.05) is 24.3 Å². The van der Waals surface area contributed by atoms with Gasteiger partial charge in [-0.15, -0.1) is 11.3 Å². The van der Waals surface area contributed by atoms with Crippen LogP contribution < -0.4 is 0 Å². The molecule has 9 heteroatoms. The van der Waals surface area contributed by atoms with Crippen LogP contribution in [0.1, 0.15) is 32.8 Å². The van der Waals surface area contributed by atoms with E-state index in [1.165, 1.54) is 11.3 Å². The number of fused-ring (bicyclic) bond motifs is 2. The number of aromatic nitrogens is 6. The summed E-state index contributed by atoms with van der Waals surface area (Å²) in [4.78, 5) is 33.1. The van der Waals surface area contributed by atoms with Crippen molar-refractivity contribution in [3.05, 3.63) is 83.4 Å². The second kappa shape index (κ2) is 7.38. The third-order valence-electron chi connectivity index (χ3n) is 5.79. The van der Waals surface area contributed by atoms with Gasteiger partial charge in [-0.05, 0) is 11.5 Å². The maximum atomic E-state index is 13.6. The van der Waals surface area contributed by atoms with E-state index in [2.05, 4.69) is 32.2 Å². The monoisotopic (exact) mass is 441 g/mol. The molecule has 6 rings (SSSR count). The fraction of sp³-hybridized carbons (Fsp3) is 0.174. The number of carbonyl (C=O) groups excluding carboxylic acids is 1. The molecule has 0 bridgehead atoms. The predicted molar refractivity (Wildman–Crippen MR) is 121 cm³/mol. The van der Waals surface area contributed by atoms with E-state index in [0.29, 0.717) is 11.4 Å². The minimum Gasteiger partial charge on any atom is -0.348 e. The molecular weight excluding hydrogens is 422 g/mol. The number of benzene rings is 1. The Morgan fingerprint density at radius 1 is 1.12 bits per heavy atom. The maximum absolute atomic E-state index is 13.6. The molecule has 8 nitrogen and oxygen atoms in total. The number of H-pyrrole nitrogens is 1. The first-order valence-electron chi connectivity index (χ1n) is 10.3. The molecule has 1 atom stereocenters. The number of nitrogens with zero attached hydrogens (tertiary/aromatic N) is 6. The predicted octanol–water partition coefficient (Wildman–Crippen LogP) is 3.60. The van der Waals surface area contributed by atoms with E-state index in [9.17, 15) is 4.79 Å². The van der Waals surface area contributed by atoms with Crippen LogP contribution in [0.5, 0.6) is 0 Å². The van der Waals surface area contributed by atoms with Gasteiger partial charge in [0.05, 0.1) is 30.1 Å². The highest BCUT2D eigenvalue weighted by atomic mass is 32.1. The Hall–Kier alpha value is -3.85. The number of imidazole rings is 1. The van der Waals surface area contributed by atoms with Gasteiger partial charge in [0.25, 0.3) is 5.91 Å². The second-order valence-electron chi connectivity index (χ2n) is 7.81. The van der Waals surface area contributed by atoms with E-state index in [0.717, 1.165) is 44.8 Å². The zero-order valence-corrected chi connectivity index (χ0v) is 18.1. The fourth-order valence-electron chi connectivity index (χ4n) is 4.22. The van der Waals surface area contributed by atoms with Crippen LogP contribution >= 0.6 is 11.3 Å². The lowest BCUT2D eigenvalue weighted by atomic mass is 9.98. The van der Waals surface area contributed by atoms with Crippen molar-refractivity contribution in [1.82, 2.24) is 34.6 Å². The van der Waals surface area contributed by atoms with E-state index in [-0.39, 0.29) is 11.9 Å². The lowest BCUT2D eigenvalue weighted by molar-refractivity contribution is 0.0692. The Balaban J connectivity index is 1.40. The van der Waals surface area contributed by atoms with Crippen molar-refractivity contribution >= 4 is 28.0 Å². The van der Waals surface area contributed by atoms with E-state index >= 15 is 0 Å². The number of aryl methyl sites for hydroxylation is 1. The third kappa shape index (κ3) is 3.09. The summed E-state index contributed by atoms with van der Waals surface area (Å²) in [5.74, 6) is -0.0637. The molecule has 4 aromatic heterocycles. The SMILES string of the molecule is Cn1cc(-c2ncc(C(=O)N3CCc4[nH]cnc4[C@@H]3c3cc4ccccc4cn3)s2)cn1. The molecule has 0 unspecified atom stereocenters. The minimum absolute atomic E-state index is 0.0637. The van der Waals surface area contributed by atoms with Gasteiger partial charge in [0.15, 0.2) is 0 Å². The number of thiazole rings is 1. The Morgan fingerprint density at radius 2 is 2.00 bits per heavy atom. The van der Waals surface area contributed by atoms with Crippen LogP contribution in [0.4, 0.5) is 0 Å². The Bertz CT molecular complexity index is 1450. The van der Waals surface area contributed by atoms with E-state index in [1.807, 2.05) is 42.5 Å². The standard InChI is InChI=1S/C23H19N7OS/c1-29-12-16(10-28-29)22-25-11-19(32-22)23(31)30-7-6-17-20(27-13-26-17)21(30)18-8-14-4-2-3-5-15(14)9-24-18/h2-5,8-13,21H,6-7H2,1H3,(H,26,27)/t21-/m0/s1. The summed E-state index contributed by atoms with van der Waals surface area (Å²) in [5, 5.41) is 7.13. The molecule has 158 valence electrons. The number of rotatable bonds is 3. The van der Waals surface area contributed by atoms with Crippen molar-refractivity contribution in [2.45, 2.75) is 12.5 Å². The summed E-state index contributed by atoms with van der Waals surface area (Å²) in [6.45, 7) is 0.577. The maximum Gasteiger partial charge on any atom is 0.266 e. The minimum atomic E-state index is -0.356. The highest BCUT2D eigenvalue weighted by molar-refractivity contribution is 7.16. The van der Waals surface area contributed by atoms with Crippen LogP contribution in [-0.4, -0.2) is 47.1 Å². The average Bonchev–Trinajstić information content (AvgIpc) is 3.58. The molecule has 32 heavy (non-hydrogen) atoms. The number of carbonyl (C=O) groups is 1. The molecule has 1 amide bonds.